The van der Waals surface area contributed by atoms with Crippen LogP contribution in [0.15, 0.2) is 23.2 Å². The van der Waals surface area contributed by atoms with E-state index >= 15 is 0 Å². The van der Waals surface area contributed by atoms with Crippen LogP contribution < -0.4 is 0 Å². The zero-order valence-corrected chi connectivity index (χ0v) is 8.68. The largest absolute Gasteiger partial charge is 0.257 e. The van der Waals surface area contributed by atoms with E-state index in [-0.39, 0.29) is 5.41 Å². The molecular weight excluding hydrogens is 158 g/mol. The first-order valence-corrected chi connectivity index (χ1v) is 4.69. The first-order valence-electron chi connectivity index (χ1n) is 4.69. The summed E-state index contributed by atoms with van der Waals surface area (Å²) in [5, 5.41) is 0. The number of benzene rings is 1. The highest BCUT2D eigenvalue weighted by Crippen LogP contribution is 2.41. The summed E-state index contributed by atoms with van der Waals surface area (Å²) in [6.07, 6.45) is 0. The fourth-order valence-electron chi connectivity index (χ4n) is 1.81. The van der Waals surface area contributed by atoms with Crippen molar-refractivity contribution in [1.29, 1.82) is 0 Å². The Kier molecular flexibility index (Phi) is 1.59. The van der Waals surface area contributed by atoms with Crippen molar-refractivity contribution in [2.75, 3.05) is 0 Å². The Morgan fingerprint density at radius 2 is 1.85 bits per heavy atom. The molecule has 0 unspecified atom stereocenters. The molecule has 13 heavy (non-hydrogen) atoms. The fraction of sp³-hybridized carbons (Fsp3) is 0.417. The van der Waals surface area contributed by atoms with Crippen molar-refractivity contribution < 1.29 is 0 Å². The number of nitrogens with zero attached hydrogens (tertiary/aromatic N) is 1. The summed E-state index contributed by atoms with van der Waals surface area (Å²) >= 11 is 0. The van der Waals surface area contributed by atoms with Crippen molar-refractivity contribution >= 4 is 11.4 Å². The van der Waals surface area contributed by atoms with Gasteiger partial charge in [-0.25, -0.2) is 0 Å². The lowest BCUT2D eigenvalue weighted by Gasteiger charge is -2.19. The number of rotatable bonds is 0. The van der Waals surface area contributed by atoms with Crippen LogP contribution in [0.25, 0.3) is 0 Å². The minimum Gasteiger partial charge on any atom is -0.257 e. The van der Waals surface area contributed by atoms with Crippen LogP contribution in [-0.4, -0.2) is 5.71 Å². The highest BCUT2D eigenvalue weighted by atomic mass is 14.8. The quantitative estimate of drug-likeness (QED) is 0.570. The predicted octanol–water partition coefficient (Wildman–Crippen LogP) is 3.38. The highest BCUT2D eigenvalue weighted by Gasteiger charge is 2.32. The van der Waals surface area contributed by atoms with Crippen LogP contribution in [0.5, 0.6) is 0 Å². The van der Waals surface area contributed by atoms with Crippen LogP contribution >= 0.6 is 0 Å². The highest BCUT2D eigenvalue weighted by molar-refractivity contribution is 5.99. The Hall–Kier alpha value is -1.11. The SMILES string of the molecule is CC1=Nc2c(C)cccc2C1(C)C. The molecule has 1 aromatic rings. The van der Waals surface area contributed by atoms with E-state index in [0.717, 1.165) is 0 Å². The van der Waals surface area contributed by atoms with Crippen LogP contribution in [0.4, 0.5) is 5.69 Å². The second-order valence-electron chi connectivity index (χ2n) is 4.29. The number of fused-ring (bicyclic) bond motifs is 1. The zero-order valence-electron chi connectivity index (χ0n) is 8.68. The predicted molar refractivity (Wildman–Crippen MR) is 57.0 cm³/mol. The van der Waals surface area contributed by atoms with Crippen molar-refractivity contribution in [1.82, 2.24) is 0 Å². The minimum absolute atomic E-state index is 0.126. The molecule has 0 atom stereocenters. The first kappa shape index (κ1) is 8.49. The number of hydrogen-bond acceptors (Lipinski definition) is 1. The molecule has 1 heteroatoms. The molecule has 0 saturated heterocycles. The van der Waals surface area contributed by atoms with E-state index in [1.807, 2.05) is 0 Å². The van der Waals surface area contributed by atoms with E-state index in [4.69, 9.17) is 0 Å². The van der Waals surface area contributed by atoms with Gasteiger partial charge in [-0.1, -0.05) is 32.0 Å². The van der Waals surface area contributed by atoms with Gasteiger partial charge in [0.15, 0.2) is 0 Å². The molecule has 68 valence electrons. The monoisotopic (exact) mass is 173 g/mol. The topological polar surface area (TPSA) is 12.4 Å². The van der Waals surface area contributed by atoms with Crippen molar-refractivity contribution in [2.24, 2.45) is 4.99 Å². The molecule has 0 aromatic heterocycles. The van der Waals surface area contributed by atoms with Crippen molar-refractivity contribution in [3.63, 3.8) is 0 Å². The second-order valence-corrected chi connectivity index (χ2v) is 4.29. The molecule has 2 rings (SSSR count). The standard InChI is InChI=1S/C12H15N/c1-8-6-5-7-10-11(8)13-9(2)12(10,3)4/h5-7H,1-4H3. The Bertz CT molecular complexity index is 386. The van der Waals surface area contributed by atoms with Crippen LogP contribution in [0.3, 0.4) is 0 Å². The number of aryl methyl sites for hydroxylation is 1. The Balaban J connectivity index is 2.71. The maximum Gasteiger partial charge on any atom is 0.0699 e. The summed E-state index contributed by atoms with van der Waals surface area (Å²) in [6, 6.07) is 6.42. The zero-order chi connectivity index (χ0) is 9.64. The Morgan fingerprint density at radius 3 is 2.46 bits per heavy atom. The number of aliphatic imine (C=N–C) groups is 1. The lowest BCUT2D eigenvalue weighted by atomic mass is 9.82. The van der Waals surface area contributed by atoms with Gasteiger partial charge in [-0.3, -0.25) is 4.99 Å². The summed E-state index contributed by atoms with van der Waals surface area (Å²) < 4.78 is 0. The van der Waals surface area contributed by atoms with Crippen molar-refractivity contribution in [3.05, 3.63) is 29.3 Å². The lowest BCUT2D eigenvalue weighted by Crippen LogP contribution is -2.22. The number of para-hydroxylation sites is 1. The van der Waals surface area contributed by atoms with Crippen LogP contribution in [0, 0.1) is 6.92 Å². The molecule has 0 fully saturated rings. The molecule has 1 heterocycles. The third-order valence-electron chi connectivity index (χ3n) is 3.10. The normalized spacial score (nSPS) is 18.3. The first-order chi connectivity index (χ1) is 6.03. The molecule has 1 aliphatic heterocycles. The molecule has 1 aliphatic rings. The summed E-state index contributed by atoms with van der Waals surface area (Å²) in [6.45, 7) is 8.70. The third kappa shape index (κ3) is 1.03. The molecule has 0 bridgehead atoms. The lowest BCUT2D eigenvalue weighted by molar-refractivity contribution is 0.733. The summed E-state index contributed by atoms with van der Waals surface area (Å²) in [4.78, 5) is 4.62. The summed E-state index contributed by atoms with van der Waals surface area (Å²) in [7, 11) is 0. The second kappa shape index (κ2) is 2.44. The van der Waals surface area contributed by atoms with Gasteiger partial charge in [0.2, 0.25) is 0 Å². The Labute approximate surface area is 79.5 Å². The van der Waals surface area contributed by atoms with E-state index < -0.39 is 0 Å². The average molecular weight is 173 g/mol. The number of hydrogen-bond donors (Lipinski definition) is 0. The van der Waals surface area contributed by atoms with Crippen molar-refractivity contribution in [3.8, 4) is 0 Å². The maximum atomic E-state index is 4.62. The van der Waals surface area contributed by atoms with Gasteiger partial charge < -0.3 is 0 Å². The van der Waals surface area contributed by atoms with Gasteiger partial charge in [-0.2, -0.15) is 0 Å². The summed E-state index contributed by atoms with van der Waals surface area (Å²) in [5.41, 5.74) is 5.18. The third-order valence-corrected chi connectivity index (χ3v) is 3.10. The van der Waals surface area contributed by atoms with E-state index in [1.54, 1.807) is 0 Å². The van der Waals surface area contributed by atoms with E-state index in [9.17, 15) is 0 Å². The van der Waals surface area contributed by atoms with Gasteiger partial charge in [0.25, 0.3) is 0 Å². The van der Waals surface area contributed by atoms with Gasteiger partial charge in [-0.15, -0.1) is 0 Å². The van der Waals surface area contributed by atoms with Gasteiger partial charge in [0.1, 0.15) is 0 Å². The molecule has 0 aliphatic carbocycles. The van der Waals surface area contributed by atoms with Gasteiger partial charge in [0, 0.05) is 11.1 Å². The molecule has 0 N–H and O–H groups in total. The van der Waals surface area contributed by atoms with Gasteiger partial charge >= 0.3 is 0 Å². The van der Waals surface area contributed by atoms with Crippen LogP contribution in [-0.2, 0) is 5.41 Å². The molecule has 1 aromatic carbocycles. The van der Waals surface area contributed by atoms with Crippen molar-refractivity contribution in [2.45, 2.75) is 33.1 Å². The molecule has 0 radical (unpaired) electrons. The molecule has 0 amide bonds. The molecule has 0 saturated carbocycles. The molecule has 0 spiro atoms. The molecule has 1 nitrogen and oxygen atoms in total. The van der Waals surface area contributed by atoms with Gasteiger partial charge in [0.05, 0.1) is 5.69 Å². The van der Waals surface area contributed by atoms with Crippen LogP contribution in [0.1, 0.15) is 31.9 Å². The minimum atomic E-state index is 0.126. The van der Waals surface area contributed by atoms with Gasteiger partial charge in [-0.05, 0) is 25.0 Å². The summed E-state index contributed by atoms with van der Waals surface area (Å²) in [5.74, 6) is 0. The van der Waals surface area contributed by atoms with Crippen LogP contribution in [0.2, 0.25) is 0 Å². The Morgan fingerprint density at radius 1 is 1.15 bits per heavy atom. The smallest absolute Gasteiger partial charge is 0.0699 e. The fourth-order valence-corrected chi connectivity index (χ4v) is 1.81. The average Bonchev–Trinajstić information content (AvgIpc) is 2.28. The van der Waals surface area contributed by atoms with E-state index in [0.29, 0.717) is 0 Å². The maximum absolute atomic E-state index is 4.62. The molecular formula is C12H15N. The van der Waals surface area contributed by atoms with E-state index in [1.165, 1.54) is 22.5 Å². The van der Waals surface area contributed by atoms with E-state index in [2.05, 4.69) is 50.9 Å².